The summed E-state index contributed by atoms with van der Waals surface area (Å²) < 4.78 is 25.9. The predicted octanol–water partition coefficient (Wildman–Crippen LogP) is 3.21. The van der Waals surface area contributed by atoms with Gasteiger partial charge in [0.15, 0.2) is 11.6 Å². The van der Waals surface area contributed by atoms with Gasteiger partial charge in [-0.2, -0.15) is 0 Å². The van der Waals surface area contributed by atoms with Crippen molar-refractivity contribution in [3.8, 4) is 0 Å². The van der Waals surface area contributed by atoms with E-state index in [0.29, 0.717) is 18.7 Å². The van der Waals surface area contributed by atoms with Crippen LogP contribution in [0.2, 0.25) is 0 Å². The summed E-state index contributed by atoms with van der Waals surface area (Å²) in [5, 5.41) is 5.89. The van der Waals surface area contributed by atoms with Gasteiger partial charge in [-0.1, -0.05) is 24.3 Å². The summed E-state index contributed by atoms with van der Waals surface area (Å²) in [6.45, 7) is 2.37. The molecule has 0 spiro atoms. The van der Waals surface area contributed by atoms with E-state index in [9.17, 15) is 13.6 Å². The third-order valence-corrected chi connectivity index (χ3v) is 2.96. The lowest BCUT2D eigenvalue weighted by atomic mass is 10.1. The van der Waals surface area contributed by atoms with Crippen LogP contribution in [-0.2, 0) is 17.9 Å². The van der Waals surface area contributed by atoms with E-state index in [1.807, 2.05) is 24.3 Å². The monoisotopic (exact) mass is 290 g/mol. The predicted molar refractivity (Wildman–Crippen MR) is 77.6 cm³/mol. The van der Waals surface area contributed by atoms with Gasteiger partial charge in [0.25, 0.3) is 0 Å². The lowest BCUT2D eigenvalue weighted by Gasteiger charge is -2.11. The van der Waals surface area contributed by atoms with Crippen LogP contribution in [0.3, 0.4) is 0 Å². The van der Waals surface area contributed by atoms with Crippen LogP contribution in [0.15, 0.2) is 42.5 Å². The number of carbonyl (C=O) groups excluding carboxylic acids is 1. The van der Waals surface area contributed by atoms with E-state index < -0.39 is 11.6 Å². The molecule has 3 nitrogen and oxygen atoms in total. The van der Waals surface area contributed by atoms with Crippen LogP contribution >= 0.6 is 0 Å². The fourth-order valence-electron chi connectivity index (χ4n) is 1.98. The van der Waals surface area contributed by atoms with Gasteiger partial charge in [-0.25, -0.2) is 8.78 Å². The van der Waals surface area contributed by atoms with E-state index in [1.165, 1.54) is 19.1 Å². The first-order chi connectivity index (χ1) is 10.1. The molecular weight excluding hydrogens is 274 g/mol. The Labute approximate surface area is 122 Å². The second kappa shape index (κ2) is 6.95. The van der Waals surface area contributed by atoms with Crippen molar-refractivity contribution in [3.05, 3.63) is 65.2 Å². The lowest BCUT2D eigenvalue weighted by molar-refractivity contribution is -0.114. The van der Waals surface area contributed by atoms with Crippen LogP contribution in [0.4, 0.5) is 14.5 Å². The number of rotatable bonds is 5. The normalized spacial score (nSPS) is 10.4. The molecule has 2 aromatic rings. The molecule has 0 fully saturated rings. The second-order valence-corrected chi connectivity index (χ2v) is 4.69. The number of hydrogen-bond acceptors (Lipinski definition) is 2. The van der Waals surface area contributed by atoms with Crippen molar-refractivity contribution >= 4 is 11.6 Å². The lowest BCUT2D eigenvalue weighted by Crippen LogP contribution is -2.15. The SMILES string of the molecule is CC(=O)Nc1ccccc1CNCc1ccc(F)c(F)c1. The number of para-hydroxylation sites is 1. The quantitative estimate of drug-likeness (QED) is 0.887. The van der Waals surface area contributed by atoms with Gasteiger partial charge in [-0.15, -0.1) is 0 Å². The molecular formula is C16H16F2N2O. The van der Waals surface area contributed by atoms with Gasteiger partial charge in [0.2, 0.25) is 5.91 Å². The van der Waals surface area contributed by atoms with Gasteiger partial charge < -0.3 is 10.6 Å². The van der Waals surface area contributed by atoms with E-state index in [-0.39, 0.29) is 5.91 Å². The number of benzene rings is 2. The molecule has 2 aromatic carbocycles. The first-order valence-corrected chi connectivity index (χ1v) is 6.56. The standard InChI is InChI=1S/C16H16F2N2O/c1-11(21)20-16-5-3-2-4-13(16)10-19-9-12-6-7-14(17)15(18)8-12/h2-8,19H,9-10H2,1H3,(H,20,21). The zero-order valence-electron chi connectivity index (χ0n) is 11.6. The molecule has 5 heteroatoms. The Hall–Kier alpha value is -2.27. The van der Waals surface area contributed by atoms with Crippen molar-refractivity contribution in [1.29, 1.82) is 0 Å². The van der Waals surface area contributed by atoms with Crippen LogP contribution in [0.5, 0.6) is 0 Å². The smallest absolute Gasteiger partial charge is 0.221 e. The molecule has 0 heterocycles. The number of hydrogen-bond donors (Lipinski definition) is 2. The average Bonchev–Trinajstić information content (AvgIpc) is 2.44. The van der Waals surface area contributed by atoms with Crippen LogP contribution in [0, 0.1) is 11.6 Å². The highest BCUT2D eigenvalue weighted by atomic mass is 19.2. The summed E-state index contributed by atoms with van der Waals surface area (Å²) in [6, 6.07) is 11.2. The van der Waals surface area contributed by atoms with Gasteiger partial charge in [-0.3, -0.25) is 4.79 Å². The molecule has 0 bridgehead atoms. The minimum atomic E-state index is -0.854. The van der Waals surface area contributed by atoms with E-state index in [2.05, 4.69) is 10.6 Å². The Kier molecular flexibility index (Phi) is 5.00. The van der Waals surface area contributed by atoms with Crippen molar-refractivity contribution in [2.45, 2.75) is 20.0 Å². The molecule has 0 saturated heterocycles. The zero-order chi connectivity index (χ0) is 15.2. The minimum absolute atomic E-state index is 0.136. The Morgan fingerprint density at radius 3 is 2.52 bits per heavy atom. The summed E-state index contributed by atoms with van der Waals surface area (Å²) in [6.07, 6.45) is 0. The highest BCUT2D eigenvalue weighted by molar-refractivity contribution is 5.89. The average molecular weight is 290 g/mol. The van der Waals surface area contributed by atoms with Crippen molar-refractivity contribution in [2.24, 2.45) is 0 Å². The number of halogens is 2. The molecule has 21 heavy (non-hydrogen) atoms. The van der Waals surface area contributed by atoms with Gasteiger partial charge in [-0.05, 0) is 29.3 Å². The molecule has 0 radical (unpaired) electrons. The maximum Gasteiger partial charge on any atom is 0.221 e. The minimum Gasteiger partial charge on any atom is -0.326 e. The van der Waals surface area contributed by atoms with Crippen LogP contribution in [0.25, 0.3) is 0 Å². The summed E-state index contributed by atoms with van der Waals surface area (Å²) in [5.41, 5.74) is 2.32. The first kappa shape index (κ1) is 15.1. The molecule has 0 aliphatic rings. The molecule has 110 valence electrons. The molecule has 2 N–H and O–H groups in total. The topological polar surface area (TPSA) is 41.1 Å². The number of carbonyl (C=O) groups is 1. The van der Waals surface area contributed by atoms with Crippen molar-refractivity contribution in [3.63, 3.8) is 0 Å². The Balaban J connectivity index is 1.97. The summed E-state index contributed by atoms with van der Waals surface area (Å²) >= 11 is 0. The largest absolute Gasteiger partial charge is 0.326 e. The van der Waals surface area contributed by atoms with Crippen molar-refractivity contribution in [1.82, 2.24) is 5.32 Å². The van der Waals surface area contributed by atoms with Crippen molar-refractivity contribution in [2.75, 3.05) is 5.32 Å². The zero-order valence-corrected chi connectivity index (χ0v) is 11.6. The molecule has 0 aromatic heterocycles. The van der Waals surface area contributed by atoms with Crippen LogP contribution < -0.4 is 10.6 Å². The van der Waals surface area contributed by atoms with Crippen molar-refractivity contribution < 1.29 is 13.6 Å². The van der Waals surface area contributed by atoms with Crippen LogP contribution in [-0.4, -0.2) is 5.91 Å². The maximum absolute atomic E-state index is 13.1. The van der Waals surface area contributed by atoms with Gasteiger partial charge >= 0.3 is 0 Å². The Morgan fingerprint density at radius 2 is 1.81 bits per heavy atom. The molecule has 2 rings (SSSR count). The summed E-state index contributed by atoms with van der Waals surface area (Å²) in [4.78, 5) is 11.1. The maximum atomic E-state index is 13.1. The van der Waals surface area contributed by atoms with Gasteiger partial charge in [0.1, 0.15) is 0 Å². The Bertz CT molecular complexity index is 644. The van der Waals surface area contributed by atoms with E-state index in [0.717, 1.165) is 17.3 Å². The third kappa shape index (κ3) is 4.36. The summed E-state index contributed by atoms with van der Waals surface area (Å²) in [5.74, 6) is -1.84. The molecule has 0 atom stereocenters. The molecule has 0 unspecified atom stereocenters. The highest BCUT2D eigenvalue weighted by Gasteiger charge is 2.04. The molecule has 0 aliphatic heterocycles. The van der Waals surface area contributed by atoms with Crippen LogP contribution in [0.1, 0.15) is 18.1 Å². The number of amides is 1. The molecule has 0 saturated carbocycles. The number of anilines is 1. The summed E-state index contributed by atoms with van der Waals surface area (Å²) in [7, 11) is 0. The highest BCUT2D eigenvalue weighted by Crippen LogP contribution is 2.15. The van der Waals surface area contributed by atoms with E-state index >= 15 is 0 Å². The fraction of sp³-hybridized carbons (Fsp3) is 0.188. The second-order valence-electron chi connectivity index (χ2n) is 4.69. The molecule has 0 aliphatic carbocycles. The Morgan fingerprint density at radius 1 is 1.05 bits per heavy atom. The van der Waals surface area contributed by atoms with E-state index in [1.54, 1.807) is 0 Å². The molecule has 1 amide bonds. The van der Waals surface area contributed by atoms with E-state index in [4.69, 9.17) is 0 Å². The van der Waals surface area contributed by atoms with Gasteiger partial charge in [0.05, 0.1) is 0 Å². The third-order valence-electron chi connectivity index (χ3n) is 2.96. The van der Waals surface area contributed by atoms with Gasteiger partial charge in [0, 0.05) is 25.7 Å². The number of nitrogens with one attached hydrogen (secondary N) is 2. The fourth-order valence-corrected chi connectivity index (χ4v) is 1.98. The first-order valence-electron chi connectivity index (χ1n) is 6.56.